The Labute approximate surface area is 163 Å². The van der Waals surface area contributed by atoms with Gasteiger partial charge in [0.15, 0.2) is 11.5 Å². The number of carbonyl (C=O) groups is 2. The van der Waals surface area contributed by atoms with Crippen LogP contribution in [0.5, 0.6) is 11.5 Å². The number of rotatable bonds is 5. The molecular weight excluding hydrogens is 356 g/mol. The molecule has 3 aromatic carbocycles. The van der Waals surface area contributed by atoms with Gasteiger partial charge in [0.05, 0.1) is 20.3 Å². The lowest BCUT2D eigenvalue weighted by Gasteiger charge is -2.16. The second-order valence-electron chi connectivity index (χ2n) is 6.33. The number of hydrogen-bond donors (Lipinski definition) is 2. The Balaban J connectivity index is 1.66. The molecule has 0 saturated heterocycles. The van der Waals surface area contributed by atoms with Crippen molar-refractivity contribution in [3.63, 3.8) is 0 Å². The topological polar surface area (TPSA) is 76.7 Å². The molecule has 144 valence electrons. The highest BCUT2D eigenvalue weighted by molar-refractivity contribution is 6.39. The van der Waals surface area contributed by atoms with Crippen LogP contribution in [-0.4, -0.2) is 26.0 Å². The number of fused-ring (bicyclic) bond motifs is 1. The van der Waals surface area contributed by atoms with Gasteiger partial charge in [-0.1, -0.05) is 36.4 Å². The van der Waals surface area contributed by atoms with E-state index in [0.717, 1.165) is 16.3 Å². The number of anilines is 1. The maximum Gasteiger partial charge on any atom is 0.313 e. The Hall–Kier alpha value is -3.54. The molecule has 1 unspecified atom stereocenters. The lowest BCUT2D eigenvalue weighted by atomic mass is 10.1. The van der Waals surface area contributed by atoms with Crippen molar-refractivity contribution in [1.82, 2.24) is 5.32 Å². The average Bonchev–Trinajstić information content (AvgIpc) is 2.72. The molecular formula is C22H22N2O4. The molecule has 2 N–H and O–H groups in total. The summed E-state index contributed by atoms with van der Waals surface area (Å²) in [6.07, 6.45) is 0. The standard InChI is InChI=1S/C22H22N2O4/c1-14(16-9-11-19(27-2)20(13-16)28-3)23-21(25)22(26)24-18-10-8-15-6-4-5-7-17(15)12-18/h4-14H,1-3H3,(H,23,25)(H,24,26). The first kappa shape index (κ1) is 19.2. The minimum Gasteiger partial charge on any atom is -0.493 e. The first-order chi connectivity index (χ1) is 13.5. The number of carbonyl (C=O) groups excluding carboxylic acids is 2. The van der Waals surface area contributed by atoms with E-state index < -0.39 is 11.8 Å². The maximum absolute atomic E-state index is 12.3. The van der Waals surface area contributed by atoms with Crippen LogP contribution in [0.25, 0.3) is 10.8 Å². The van der Waals surface area contributed by atoms with Crippen LogP contribution in [-0.2, 0) is 9.59 Å². The van der Waals surface area contributed by atoms with E-state index in [2.05, 4.69) is 10.6 Å². The number of amides is 2. The van der Waals surface area contributed by atoms with Crippen molar-refractivity contribution in [2.45, 2.75) is 13.0 Å². The largest absolute Gasteiger partial charge is 0.493 e. The quantitative estimate of drug-likeness (QED) is 0.664. The second kappa shape index (κ2) is 8.43. The van der Waals surface area contributed by atoms with Gasteiger partial charge in [0, 0.05) is 5.69 Å². The zero-order valence-corrected chi connectivity index (χ0v) is 16.0. The smallest absolute Gasteiger partial charge is 0.313 e. The van der Waals surface area contributed by atoms with Gasteiger partial charge in [0.2, 0.25) is 0 Å². The van der Waals surface area contributed by atoms with Crippen molar-refractivity contribution in [2.75, 3.05) is 19.5 Å². The summed E-state index contributed by atoms with van der Waals surface area (Å²) in [5, 5.41) is 7.38. The molecule has 28 heavy (non-hydrogen) atoms. The Morgan fingerprint density at radius 2 is 1.54 bits per heavy atom. The summed E-state index contributed by atoms with van der Waals surface area (Å²) >= 11 is 0. The van der Waals surface area contributed by atoms with Gasteiger partial charge in [0.25, 0.3) is 0 Å². The first-order valence-corrected chi connectivity index (χ1v) is 8.84. The van der Waals surface area contributed by atoms with E-state index in [9.17, 15) is 9.59 Å². The van der Waals surface area contributed by atoms with Crippen LogP contribution in [0.2, 0.25) is 0 Å². The molecule has 2 amide bonds. The highest BCUT2D eigenvalue weighted by Gasteiger charge is 2.18. The Kier molecular flexibility index (Phi) is 5.79. The van der Waals surface area contributed by atoms with Crippen molar-refractivity contribution in [2.24, 2.45) is 0 Å². The fourth-order valence-corrected chi connectivity index (χ4v) is 2.92. The third-order valence-electron chi connectivity index (χ3n) is 4.47. The van der Waals surface area contributed by atoms with Crippen LogP contribution < -0.4 is 20.1 Å². The third-order valence-corrected chi connectivity index (χ3v) is 4.47. The molecule has 0 aromatic heterocycles. The molecule has 0 aliphatic rings. The average molecular weight is 378 g/mol. The summed E-state index contributed by atoms with van der Waals surface area (Å²) < 4.78 is 10.5. The summed E-state index contributed by atoms with van der Waals surface area (Å²) in [7, 11) is 3.10. The lowest BCUT2D eigenvalue weighted by molar-refractivity contribution is -0.136. The summed E-state index contributed by atoms with van der Waals surface area (Å²) in [4.78, 5) is 24.6. The predicted octanol–water partition coefficient (Wildman–Crippen LogP) is 3.67. The van der Waals surface area contributed by atoms with E-state index >= 15 is 0 Å². The summed E-state index contributed by atoms with van der Waals surface area (Å²) in [5.74, 6) is -0.279. The molecule has 0 bridgehead atoms. The van der Waals surface area contributed by atoms with Crippen LogP contribution in [0.1, 0.15) is 18.5 Å². The van der Waals surface area contributed by atoms with Gasteiger partial charge in [-0.2, -0.15) is 0 Å². The zero-order chi connectivity index (χ0) is 20.1. The Morgan fingerprint density at radius 1 is 0.821 bits per heavy atom. The highest BCUT2D eigenvalue weighted by atomic mass is 16.5. The van der Waals surface area contributed by atoms with Gasteiger partial charge in [0.1, 0.15) is 0 Å². The normalized spacial score (nSPS) is 11.5. The molecule has 6 nitrogen and oxygen atoms in total. The number of benzene rings is 3. The fraction of sp³-hybridized carbons (Fsp3) is 0.182. The van der Waals surface area contributed by atoms with Gasteiger partial charge < -0.3 is 20.1 Å². The van der Waals surface area contributed by atoms with E-state index in [1.54, 1.807) is 39.3 Å². The number of ether oxygens (including phenoxy) is 2. The summed E-state index contributed by atoms with van der Waals surface area (Å²) in [6, 6.07) is 18.3. The number of nitrogens with one attached hydrogen (secondary N) is 2. The van der Waals surface area contributed by atoms with E-state index in [-0.39, 0.29) is 6.04 Å². The number of hydrogen-bond acceptors (Lipinski definition) is 4. The molecule has 6 heteroatoms. The first-order valence-electron chi connectivity index (χ1n) is 8.84. The Morgan fingerprint density at radius 3 is 2.25 bits per heavy atom. The van der Waals surface area contributed by atoms with Crippen molar-refractivity contribution in [3.05, 3.63) is 66.2 Å². The van der Waals surface area contributed by atoms with Gasteiger partial charge >= 0.3 is 11.8 Å². The van der Waals surface area contributed by atoms with Gasteiger partial charge in [-0.05, 0) is 47.5 Å². The highest BCUT2D eigenvalue weighted by Crippen LogP contribution is 2.29. The predicted molar refractivity (Wildman–Crippen MR) is 109 cm³/mol. The van der Waals surface area contributed by atoms with Crippen molar-refractivity contribution in [3.8, 4) is 11.5 Å². The second-order valence-corrected chi connectivity index (χ2v) is 6.33. The van der Waals surface area contributed by atoms with Gasteiger partial charge in [-0.25, -0.2) is 0 Å². The Bertz CT molecular complexity index is 1020. The molecule has 0 spiro atoms. The summed E-state index contributed by atoms with van der Waals surface area (Å²) in [5.41, 5.74) is 1.36. The third kappa shape index (κ3) is 4.23. The molecule has 1 atom stereocenters. The van der Waals surface area contributed by atoms with Crippen LogP contribution in [0.15, 0.2) is 60.7 Å². The lowest BCUT2D eigenvalue weighted by Crippen LogP contribution is -2.36. The molecule has 3 rings (SSSR count). The van der Waals surface area contributed by atoms with Crippen molar-refractivity contribution in [1.29, 1.82) is 0 Å². The van der Waals surface area contributed by atoms with Crippen LogP contribution in [0.4, 0.5) is 5.69 Å². The summed E-state index contributed by atoms with van der Waals surface area (Å²) in [6.45, 7) is 1.79. The van der Waals surface area contributed by atoms with Gasteiger partial charge in [-0.15, -0.1) is 0 Å². The van der Waals surface area contributed by atoms with Crippen LogP contribution in [0, 0.1) is 0 Å². The van der Waals surface area contributed by atoms with Crippen LogP contribution in [0.3, 0.4) is 0 Å². The zero-order valence-electron chi connectivity index (χ0n) is 16.0. The minimum absolute atomic E-state index is 0.380. The van der Waals surface area contributed by atoms with Crippen molar-refractivity contribution < 1.29 is 19.1 Å². The SMILES string of the molecule is COc1ccc(C(C)NC(=O)C(=O)Nc2ccc3ccccc3c2)cc1OC. The molecule has 0 saturated carbocycles. The molecule has 0 fully saturated rings. The minimum atomic E-state index is -0.720. The number of methoxy groups -OCH3 is 2. The molecule has 0 aliphatic heterocycles. The maximum atomic E-state index is 12.3. The molecule has 0 aliphatic carbocycles. The van der Waals surface area contributed by atoms with E-state index in [0.29, 0.717) is 17.2 Å². The molecule has 0 radical (unpaired) electrons. The van der Waals surface area contributed by atoms with E-state index in [1.165, 1.54) is 0 Å². The van der Waals surface area contributed by atoms with Crippen LogP contribution >= 0.6 is 0 Å². The monoisotopic (exact) mass is 378 g/mol. The van der Waals surface area contributed by atoms with Gasteiger partial charge in [-0.3, -0.25) is 9.59 Å². The molecule has 3 aromatic rings. The molecule has 0 heterocycles. The van der Waals surface area contributed by atoms with Crippen molar-refractivity contribution >= 4 is 28.3 Å². The van der Waals surface area contributed by atoms with E-state index in [4.69, 9.17) is 9.47 Å². The van der Waals surface area contributed by atoms with E-state index in [1.807, 2.05) is 42.5 Å². The fourth-order valence-electron chi connectivity index (χ4n) is 2.92.